The van der Waals surface area contributed by atoms with Crippen LogP contribution in [0.25, 0.3) is 22.1 Å². The van der Waals surface area contributed by atoms with Crippen molar-refractivity contribution in [1.82, 2.24) is 5.32 Å². The molecule has 5 aromatic rings. The molecular weight excluding hydrogens is 554 g/mol. The zero-order chi connectivity index (χ0) is 29.5. The van der Waals surface area contributed by atoms with Gasteiger partial charge < -0.3 is 29.4 Å². The number of fused-ring (bicyclic) bond motifs is 1. The lowest BCUT2D eigenvalue weighted by atomic mass is 9.97. The number of ether oxygens (including phenoxy) is 2. The number of nitrogens with one attached hydrogen (secondary N) is 1. The fourth-order valence-corrected chi connectivity index (χ4v) is 4.92. The molecule has 0 bridgehead atoms. The van der Waals surface area contributed by atoms with Crippen LogP contribution < -0.4 is 20.4 Å². The maximum atomic E-state index is 11.7. The Morgan fingerprint density at radius 2 is 1.67 bits per heavy atom. The first-order valence-corrected chi connectivity index (χ1v) is 14.0. The molecular formula is C34H32ClNO6. The SMILES string of the molecule is Cc1c(COc2cc(OCc3ccc4ccc(=O)oc4c3)c(CNC[C@H](O)CO)cc2Cl)cccc1-c1ccccc1. The van der Waals surface area contributed by atoms with Gasteiger partial charge in [-0.15, -0.1) is 0 Å². The van der Waals surface area contributed by atoms with Crippen LogP contribution in [0, 0.1) is 6.92 Å². The Hall–Kier alpha value is -4.14. The maximum Gasteiger partial charge on any atom is 0.336 e. The Kier molecular flexibility index (Phi) is 9.56. The van der Waals surface area contributed by atoms with Gasteiger partial charge in [0.1, 0.15) is 30.3 Å². The van der Waals surface area contributed by atoms with Crippen LogP contribution in [0.4, 0.5) is 0 Å². The molecule has 1 aromatic heterocycles. The first-order chi connectivity index (χ1) is 20.4. The minimum absolute atomic E-state index is 0.201. The summed E-state index contributed by atoms with van der Waals surface area (Å²) in [7, 11) is 0. The molecule has 0 saturated heterocycles. The normalized spacial score (nSPS) is 11.9. The van der Waals surface area contributed by atoms with Crippen molar-refractivity contribution in [2.45, 2.75) is 32.8 Å². The summed E-state index contributed by atoms with van der Waals surface area (Å²) in [6, 6.07) is 28.6. The van der Waals surface area contributed by atoms with Gasteiger partial charge in [0.2, 0.25) is 0 Å². The maximum absolute atomic E-state index is 11.7. The molecule has 8 heteroatoms. The summed E-state index contributed by atoms with van der Waals surface area (Å²) in [5.41, 5.74) is 6.09. The lowest BCUT2D eigenvalue weighted by molar-refractivity contribution is 0.0941. The van der Waals surface area contributed by atoms with Crippen molar-refractivity contribution in [3.63, 3.8) is 0 Å². The summed E-state index contributed by atoms with van der Waals surface area (Å²) in [6.45, 7) is 2.81. The fraction of sp³-hybridized carbons (Fsp3) is 0.206. The van der Waals surface area contributed by atoms with Gasteiger partial charge in [-0.3, -0.25) is 0 Å². The van der Waals surface area contributed by atoms with E-state index in [2.05, 4.69) is 30.4 Å². The van der Waals surface area contributed by atoms with Crippen molar-refractivity contribution in [2.75, 3.05) is 13.2 Å². The van der Waals surface area contributed by atoms with Gasteiger partial charge in [0.05, 0.1) is 17.7 Å². The summed E-state index contributed by atoms with van der Waals surface area (Å²) >= 11 is 6.66. The molecule has 5 rings (SSSR count). The van der Waals surface area contributed by atoms with Gasteiger partial charge in [0.25, 0.3) is 0 Å². The van der Waals surface area contributed by atoms with Crippen LogP contribution in [0.3, 0.4) is 0 Å². The van der Waals surface area contributed by atoms with Crippen molar-refractivity contribution < 1.29 is 24.1 Å². The van der Waals surface area contributed by atoms with Crippen LogP contribution in [0.1, 0.15) is 22.3 Å². The molecule has 4 aromatic carbocycles. The second-order valence-corrected chi connectivity index (χ2v) is 10.4. The zero-order valence-electron chi connectivity index (χ0n) is 23.2. The number of benzene rings is 4. The first-order valence-electron chi connectivity index (χ1n) is 13.7. The lowest BCUT2D eigenvalue weighted by Crippen LogP contribution is -2.29. The molecule has 42 heavy (non-hydrogen) atoms. The zero-order valence-corrected chi connectivity index (χ0v) is 23.9. The molecule has 0 unspecified atom stereocenters. The van der Waals surface area contributed by atoms with Crippen LogP contribution in [0.15, 0.2) is 100 Å². The van der Waals surface area contributed by atoms with E-state index in [1.54, 1.807) is 24.3 Å². The van der Waals surface area contributed by atoms with Gasteiger partial charge in [0.15, 0.2) is 0 Å². The van der Waals surface area contributed by atoms with Gasteiger partial charge in [-0.05, 0) is 52.9 Å². The van der Waals surface area contributed by atoms with Crippen molar-refractivity contribution in [3.05, 3.63) is 129 Å². The van der Waals surface area contributed by atoms with Gasteiger partial charge in [-0.2, -0.15) is 0 Å². The third kappa shape index (κ3) is 7.19. The lowest BCUT2D eigenvalue weighted by Gasteiger charge is -2.18. The monoisotopic (exact) mass is 585 g/mol. The van der Waals surface area contributed by atoms with Gasteiger partial charge in [0, 0.05) is 36.2 Å². The van der Waals surface area contributed by atoms with Crippen molar-refractivity contribution in [2.24, 2.45) is 0 Å². The van der Waals surface area contributed by atoms with E-state index in [0.29, 0.717) is 35.3 Å². The van der Waals surface area contributed by atoms with E-state index in [9.17, 15) is 9.90 Å². The molecule has 0 aliphatic carbocycles. The van der Waals surface area contributed by atoms with Crippen LogP contribution in [-0.2, 0) is 19.8 Å². The van der Waals surface area contributed by atoms with E-state index >= 15 is 0 Å². The summed E-state index contributed by atoms with van der Waals surface area (Å²) in [5.74, 6) is 1.02. The topological polar surface area (TPSA) is 101 Å². The highest BCUT2D eigenvalue weighted by Gasteiger charge is 2.14. The van der Waals surface area contributed by atoms with Crippen molar-refractivity contribution in [3.8, 4) is 22.6 Å². The molecule has 0 amide bonds. The molecule has 3 N–H and O–H groups in total. The highest BCUT2D eigenvalue weighted by atomic mass is 35.5. The number of halogens is 1. The van der Waals surface area contributed by atoms with Gasteiger partial charge in [-0.1, -0.05) is 72.3 Å². The molecule has 0 saturated carbocycles. The first kappa shape index (κ1) is 29.4. The molecule has 1 heterocycles. The summed E-state index contributed by atoms with van der Waals surface area (Å²) in [5, 5.41) is 23.2. The second-order valence-electron chi connectivity index (χ2n) is 10.0. The van der Waals surface area contributed by atoms with Crippen LogP contribution in [-0.4, -0.2) is 29.5 Å². The third-order valence-electron chi connectivity index (χ3n) is 7.02. The standard InChI is InChI=1S/C34H32ClNO6/c1-22-26(8-5-9-29(22)24-6-3-2-4-7-24)21-41-33-16-31(27(15-30(33)35)17-36-18-28(38)19-37)40-20-23-10-11-25-12-13-34(39)42-32(25)14-23/h2-16,28,36-38H,17-21H2,1H3/t28-/m0/s1. The smallest absolute Gasteiger partial charge is 0.336 e. The van der Waals surface area contributed by atoms with E-state index in [1.807, 2.05) is 42.5 Å². The van der Waals surface area contributed by atoms with E-state index in [1.165, 1.54) is 6.07 Å². The minimum Gasteiger partial charge on any atom is -0.488 e. The molecule has 1 atom stereocenters. The van der Waals surface area contributed by atoms with Crippen LogP contribution in [0.2, 0.25) is 5.02 Å². The predicted molar refractivity (Wildman–Crippen MR) is 164 cm³/mol. The quantitative estimate of drug-likeness (QED) is 0.154. The summed E-state index contributed by atoms with van der Waals surface area (Å²) < 4.78 is 17.8. The number of hydrogen-bond acceptors (Lipinski definition) is 7. The van der Waals surface area contributed by atoms with Gasteiger partial charge in [-0.25, -0.2) is 4.79 Å². The molecule has 0 radical (unpaired) electrons. The molecule has 0 aliphatic rings. The highest BCUT2D eigenvalue weighted by Crippen LogP contribution is 2.35. The average Bonchev–Trinajstić information content (AvgIpc) is 3.00. The second kappa shape index (κ2) is 13.7. The molecule has 7 nitrogen and oxygen atoms in total. The largest absolute Gasteiger partial charge is 0.488 e. The Labute approximate surface area is 248 Å². The van der Waals surface area contributed by atoms with E-state index in [4.69, 9.17) is 30.6 Å². The van der Waals surface area contributed by atoms with Crippen LogP contribution >= 0.6 is 11.6 Å². The predicted octanol–water partition coefficient (Wildman–Crippen LogP) is 6.02. The molecule has 0 spiro atoms. The Bertz CT molecular complexity index is 1720. The van der Waals surface area contributed by atoms with Crippen molar-refractivity contribution >= 4 is 22.6 Å². The molecule has 0 fully saturated rings. The summed E-state index contributed by atoms with van der Waals surface area (Å²) in [6.07, 6.45) is -0.880. The van der Waals surface area contributed by atoms with E-state index in [0.717, 1.165) is 38.8 Å². The summed E-state index contributed by atoms with van der Waals surface area (Å²) in [4.78, 5) is 11.7. The Balaban J connectivity index is 1.37. The van der Waals surface area contributed by atoms with Crippen LogP contribution in [0.5, 0.6) is 11.5 Å². The Morgan fingerprint density at radius 1 is 0.881 bits per heavy atom. The van der Waals surface area contributed by atoms with E-state index < -0.39 is 11.7 Å². The minimum atomic E-state index is -0.880. The van der Waals surface area contributed by atoms with E-state index in [-0.39, 0.29) is 19.8 Å². The number of hydrogen-bond donors (Lipinski definition) is 3. The number of aliphatic hydroxyl groups excluding tert-OH is 2. The third-order valence-corrected chi connectivity index (χ3v) is 7.31. The number of aliphatic hydroxyl groups is 2. The number of rotatable bonds is 12. The average molecular weight is 586 g/mol. The fourth-order valence-electron chi connectivity index (χ4n) is 4.68. The highest BCUT2D eigenvalue weighted by molar-refractivity contribution is 6.32. The molecule has 216 valence electrons. The Morgan fingerprint density at radius 3 is 2.48 bits per heavy atom. The molecule has 0 aliphatic heterocycles. The van der Waals surface area contributed by atoms with Gasteiger partial charge >= 0.3 is 5.63 Å². The van der Waals surface area contributed by atoms with Crippen molar-refractivity contribution in [1.29, 1.82) is 0 Å².